The van der Waals surface area contributed by atoms with Gasteiger partial charge < -0.3 is 19.2 Å². The van der Waals surface area contributed by atoms with Crippen LogP contribution < -0.4 is 10.1 Å². The normalized spacial score (nSPS) is 10.2. The highest BCUT2D eigenvalue weighted by atomic mass is 16.5. The van der Waals surface area contributed by atoms with Crippen LogP contribution >= 0.6 is 0 Å². The lowest BCUT2D eigenvalue weighted by molar-refractivity contribution is -0.119. The minimum atomic E-state index is -0.611. The minimum Gasteiger partial charge on any atom is -0.469 e. The molecule has 0 atom stereocenters. The molecular weight excluding hydrogens is 334 g/mol. The fourth-order valence-electron chi connectivity index (χ4n) is 2.27. The molecule has 0 unspecified atom stereocenters. The van der Waals surface area contributed by atoms with Crippen LogP contribution in [0, 0.1) is 6.92 Å². The summed E-state index contributed by atoms with van der Waals surface area (Å²) < 4.78 is 15.8. The highest BCUT2D eigenvalue weighted by Gasteiger charge is 2.15. The van der Waals surface area contributed by atoms with E-state index in [1.165, 1.54) is 12.3 Å². The second-order valence-corrected chi connectivity index (χ2v) is 5.43. The largest absolute Gasteiger partial charge is 0.469 e. The predicted molar refractivity (Wildman–Crippen MR) is 95.3 cm³/mol. The first kappa shape index (κ1) is 17.3. The van der Waals surface area contributed by atoms with E-state index in [0.717, 1.165) is 0 Å². The van der Waals surface area contributed by atoms with Crippen LogP contribution in [-0.2, 0) is 9.53 Å². The molecule has 0 radical (unpaired) electrons. The molecule has 6 nitrogen and oxygen atoms in total. The summed E-state index contributed by atoms with van der Waals surface area (Å²) >= 11 is 0. The van der Waals surface area contributed by atoms with Crippen molar-refractivity contribution in [2.75, 3.05) is 11.9 Å². The number of amides is 1. The van der Waals surface area contributed by atoms with Crippen molar-refractivity contribution in [3.8, 4) is 11.5 Å². The third kappa shape index (κ3) is 4.30. The van der Waals surface area contributed by atoms with E-state index in [1.807, 2.05) is 30.3 Å². The van der Waals surface area contributed by atoms with Gasteiger partial charge in [-0.2, -0.15) is 0 Å². The summed E-state index contributed by atoms with van der Waals surface area (Å²) in [5.41, 5.74) is 0.780. The van der Waals surface area contributed by atoms with Gasteiger partial charge in [0.25, 0.3) is 5.91 Å². The van der Waals surface area contributed by atoms with Crippen LogP contribution in [0.2, 0.25) is 0 Å². The van der Waals surface area contributed by atoms with Crippen molar-refractivity contribution < 1.29 is 23.5 Å². The van der Waals surface area contributed by atoms with E-state index in [9.17, 15) is 9.59 Å². The zero-order chi connectivity index (χ0) is 18.4. The quantitative estimate of drug-likeness (QED) is 0.674. The van der Waals surface area contributed by atoms with Crippen LogP contribution in [-0.4, -0.2) is 18.5 Å². The van der Waals surface area contributed by atoms with Crippen molar-refractivity contribution in [1.82, 2.24) is 0 Å². The first-order valence-corrected chi connectivity index (χ1v) is 7.96. The zero-order valence-corrected chi connectivity index (χ0v) is 14.1. The standard InChI is InChI=1S/C20H17NO5/c1-14-16(11-12-24-14)20(23)25-13-19(22)21-17-9-5-6-10-18(17)26-15-7-3-2-4-8-15/h2-12H,13H2,1H3,(H,21,22). The van der Waals surface area contributed by atoms with Crippen molar-refractivity contribution in [3.63, 3.8) is 0 Å². The van der Waals surface area contributed by atoms with Crippen LogP contribution in [0.25, 0.3) is 0 Å². The van der Waals surface area contributed by atoms with Crippen molar-refractivity contribution in [1.29, 1.82) is 0 Å². The van der Waals surface area contributed by atoms with E-state index in [4.69, 9.17) is 13.9 Å². The Bertz CT molecular complexity index is 901. The number of carbonyl (C=O) groups is 2. The monoisotopic (exact) mass is 351 g/mol. The van der Waals surface area contributed by atoms with Gasteiger partial charge in [0.1, 0.15) is 17.1 Å². The van der Waals surface area contributed by atoms with Gasteiger partial charge in [-0.1, -0.05) is 30.3 Å². The van der Waals surface area contributed by atoms with Crippen LogP contribution in [0.5, 0.6) is 11.5 Å². The summed E-state index contributed by atoms with van der Waals surface area (Å²) in [6.45, 7) is 1.23. The van der Waals surface area contributed by atoms with Crippen molar-refractivity contribution in [3.05, 3.63) is 78.3 Å². The molecule has 0 fully saturated rings. The summed E-state index contributed by atoms with van der Waals surface area (Å²) in [6, 6.07) is 17.7. The lowest BCUT2D eigenvalue weighted by atomic mass is 10.2. The molecule has 26 heavy (non-hydrogen) atoms. The fraction of sp³-hybridized carbons (Fsp3) is 0.100. The third-order valence-corrected chi connectivity index (χ3v) is 3.55. The Morgan fingerprint density at radius 3 is 2.46 bits per heavy atom. The number of carbonyl (C=O) groups excluding carboxylic acids is 2. The number of nitrogens with one attached hydrogen (secondary N) is 1. The van der Waals surface area contributed by atoms with E-state index < -0.39 is 18.5 Å². The maximum Gasteiger partial charge on any atom is 0.342 e. The number of aryl methyl sites for hydroxylation is 1. The maximum absolute atomic E-state index is 12.1. The number of rotatable bonds is 6. The van der Waals surface area contributed by atoms with Gasteiger partial charge in [-0.3, -0.25) is 4.79 Å². The summed E-state index contributed by atoms with van der Waals surface area (Å²) in [4.78, 5) is 24.0. The highest BCUT2D eigenvalue weighted by molar-refractivity contribution is 5.96. The number of ether oxygens (including phenoxy) is 2. The average Bonchev–Trinajstić information content (AvgIpc) is 3.08. The fourth-order valence-corrected chi connectivity index (χ4v) is 2.27. The van der Waals surface area contributed by atoms with Crippen LogP contribution in [0.15, 0.2) is 71.3 Å². The summed E-state index contributed by atoms with van der Waals surface area (Å²) in [7, 11) is 0. The van der Waals surface area contributed by atoms with E-state index in [2.05, 4.69) is 5.32 Å². The molecule has 1 amide bonds. The number of hydrogen-bond donors (Lipinski definition) is 1. The third-order valence-electron chi connectivity index (χ3n) is 3.55. The van der Waals surface area contributed by atoms with E-state index in [-0.39, 0.29) is 0 Å². The van der Waals surface area contributed by atoms with Gasteiger partial charge >= 0.3 is 5.97 Å². The van der Waals surface area contributed by atoms with Crippen LogP contribution in [0.4, 0.5) is 5.69 Å². The maximum atomic E-state index is 12.1. The van der Waals surface area contributed by atoms with Gasteiger partial charge in [-0.05, 0) is 37.3 Å². The Morgan fingerprint density at radius 2 is 1.73 bits per heavy atom. The topological polar surface area (TPSA) is 77.8 Å². The molecule has 1 N–H and O–H groups in total. The van der Waals surface area contributed by atoms with Crippen molar-refractivity contribution >= 4 is 17.6 Å². The molecule has 2 aromatic carbocycles. The lowest BCUT2D eigenvalue weighted by Gasteiger charge is -2.12. The van der Waals surface area contributed by atoms with Crippen molar-refractivity contribution in [2.24, 2.45) is 0 Å². The summed E-state index contributed by atoms with van der Waals surface area (Å²) in [5.74, 6) is 0.501. The van der Waals surface area contributed by atoms with Crippen LogP contribution in [0.1, 0.15) is 16.1 Å². The molecule has 0 aliphatic rings. The predicted octanol–water partition coefficient (Wildman–Crippen LogP) is 4.18. The number of furan rings is 1. The van der Waals surface area contributed by atoms with Crippen molar-refractivity contribution in [2.45, 2.75) is 6.92 Å². The Kier molecular flexibility index (Phi) is 5.34. The zero-order valence-electron chi connectivity index (χ0n) is 14.1. The second kappa shape index (κ2) is 8.02. The molecule has 0 saturated heterocycles. The molecular formula is C20H17NO5. The van der Waals surface area contributed by atoms with Gasteiger partial charge in [-0.15, -0.1) is 0 Å². The number of para-hydroxylation sites is 3. The highest BCUT2D eigenvalue weighted by Crippen LogP contribution is 2.29. The van der Waals surface area contributed by atoms with Gasteiger partial charge in [0.15, 0.2) is 12.4 Å². The number of hydrogen-bond acceptors (Lipinski definition) is 5. The smallest absolute Gasteiger partial charge is 0.342 e. The van der Waals surface area contributed by atoms with Gasteiger partial charge in [-0.25, -0.2) is 4.79 Å². The first-order valence-electron chi connectivity index (χ1n) is 7.96. The lowest BCUT2D eigenvalue weighted by Crippen LogP contribution is -2.21. The molecule has 132 valence electrons. The molecule has 3 rings (SSSR count). The Morgan fingerprint density at radius 1 is 1.00 bits per heavy atom. The molecule has 0 bridgehead atoms. The molecule has 1 heterocycles. The minimum absolute atomic E-state index is 0.297. The molecule has 0 aliphatic carbocycles. The Labute approximate surface area is 150 Å². The van der Waals surface area contributed by atoms with E-state index >= 15 is 0 Å². The van der Waals surface area contributed by atoms with Gasteiger partial charge in [0, 0.05) is 0 Å². The van der Waals surface area contributed by atoms with Gasteiger partial charge in [0.05, 0.1) is 12.0 Å². The second-order valence-electron chi connectivity index (χ2n) is 5.43. The molecule has 1 aromatic heterocycles. The molecule has 3 aromatic rings. The van der Waals surface area contributed by atoms with E-state index in [1.54, 1.807) is 31.2 Å². The van der Waals surface area contributed by atoms with Gasteiger partial charge in [0.2, 0.25) is 0 Å². The Balaban J connectivity index is 1.61. The summed E-state index contributed by atoms with van der Waals surface area (Å²) in [6.07, 6.45) is 1.39. The summed E-state index contributed by atoms with van der Waals surface area (Å²) in [5, 5.41) is 2.68. The Hall–Kier alpha value is -3.54. The number of benzene rings is 2. The molecule has 6 heteroatoms. The molecule has 0 spiro atoms. The number of anilines is 1. The molecule has 0 saturated carbocycles. The first-order chi connectivity index (χ1) is 12.6. The SMILES string of the molecule is Cc1occc1C(=O)OCC(=O)Nc1ccccc1Oc1ccccc1. The number of esters is 1. The average molecular weight is 351 g/mol. The molecule has 0 aliphatic heterocycles. The van der Waals surface area contributed by atoms with Crippen LogP contribution in [0.3, 0.4) is 0 Å². The van der Waals surface area contributed by atoms with E-state index in [0.29, 0.717) is 28.5 Å².